The van der Waals surface area contributed by atoms with E-state index < -0.39 is 53.2 Å². The second-order valence-corrected chi connectivity index (χ2v) is 8.91. The summed E-state index contributed by atoms with van der Waals surface area (Å²) in [6, 6.07) is 13.5. The van der Waals surface area contributed by atoms with Crippen molar-refractivity contribution in [2.24, 2.45) is 0 Å². The first kappa shape index (κ1) is 27.4. The summed E-state index contributed by atoms with van der Waals surface area (Å²) in [7, 11) is 0. The molecular weight excluding hydrogens is 555 g/mol. The van der Waals surface area contributed by atoms with E-state index in [0.29, 0.717) is 0 Å². The Morgan fingerprint density at radius 1 is 0.897 bits per heavy atom. The lowest BCUT2D eigenvalue weighted by atomic mass is 10.1. The molecule has 0 N–H and O–H groups in total. The molecule has 0 saturated carbocycles. The van der Waals surface area contributed by atoms with Gasteiger partial charge in [0.15, 0.2) is 12.4 Å². The minimum Gasteiger partial charge on any atom is -0.457 e. The number of hydrogen-bond acceptors (Lipinski definition) is 9. The van der Waals surface area contributed by atoms with Crippen LogP contribution < -0.4 is 4.74 Å². The van der Waals surface area contributed by atoms with Crippen molar-refractivity contribution in [1.82, 2.24) is 4.90 Å². The Morgan fingerprint density at radius 2 is 1.59 bits per heavy atom. The highest BCUT2D eigenvalue weighted by Gasteiger charge is 2.40. The van der Waals surface area contributed by atoms with Gasteiger partial charge in [-0.25, -0.2) is 4.79 Å². The first-order valence-corrected chi connectivity index (χ1v) is 11.9. The van der Waals surface area contributed by atoms with Crippen molar-refractivity contribution in [2.45, 2.75) is 6.42 Å². The number of esters is 2. The zero-order valence-electron chi connectivity index (χ0n) is 19.7. The molecule has 39 heavy (non-hydrogen) atoms. The Labute approximate surface area is 230 Å². The number of hydrogen-bond donors (Lipinski definition) is 0. The molecule has 13 heteroatoms. The van der Waals surface area contributed by atoms with Crippen LogP contribution in [0.5, 0.6) is 5.75 Å². The molecule has 3 aromatic rings. The molecule has 0 aliphatic carbocycles. The lowest BCUT2D eigenvalue weighted by Crippen LogP contribution is -2.32. The molecule has 0 saturated heterocycles. The lowest BCUT2D eigenvalue weighted by molar-refractivity contribution is -0.385. The fourth-order valence-electron chi connectivity index (χ4n) is 3.67. The monoisotopic (exact) mass is 570 g/mol. The molecule has 0 radical (unpaired) electrons. The lowest BCUT2D eigenvalue weighted by Gasteiger charge is -2.13. The fraction of sp³-hybridized carbons (Fsp3) is 0.115. The van der Waals surface area contributed by atoms with Gasteiger partial charge < -0.3 is 9.47 Å². The van der Waals surface area contributed by atoms with Crippen molar-refractivity contribution >= 4 is 58.4 Å². The highest BCUT2D eigenvalue weighted by atomic mass is 35.5. The van der Waals surface area contributed by atoms with Crippen LogP contribution in [0.3, 0.4) is 0 Å². The summed E-state index contributed by atoms with van der Waals surface area (Å²) in [5.74, 6) is -3.59. The second kappa shape index (κ2) is 11.4. The normalized spacial score (nSPS) is 12.2. The zero-order chi connectivity index (χ0) is 28.3. The highest BCUT2D eigenvalue weighted by Crippen LogP contribution is 2.30. The summed E-state index contributed by atoms with van der Waals surface area (Å²) in [5, 5.41) is 11.7. The van der Waals surface area contributed by atoms with Crippen LogP contribution in [-0.4, -0.2) is 52.5 Å². The molecule has 0 unspecified atom stereocenters. The van der Waals surface area contributed by atoms with E-state index in [1.54, 1.807) is 0 Å². The SMILES string of the molecule is O=C(CCN1C(=O)c2cccc([N+](=O)[O-])c2C1=O)OCC(=O)c1ccc(OC(=O)c2ccc(Cl)c(Cl)c2)cc1. The van der Waals surface area contributed by atoms with Gasteiger partial charge in [0.25, 0.3) is 17.5 Å². The number of amides is 2. The van der Waals surface area contributed by atoms with E-state index in [1.165, 1.54) is 54.6 Å². The predicted molar refractivity (Wildman–Crippen MR) is 136 cm³/mol. The topological polar surface area (TPSA) is 150 Å². The van der Waals surface area contributed by atoms with E-state index in [4.69, 9.17) is 32.7 Å². The van der Waals surface area contributed by atoms with Gasteiger partial charge in [0.1, 0.15) is 11.3 Å². The standard InChI is InChI=1S/C26H16Cl2N2O9/c27-18-9-6-15(12-19(18)28)26(35)39-16-7-4-14(5-8-16)21(31)13-38-22(32)10-11-29-24(33)17-2-1-3-20(30(36)37)23(17)25(29)34/h1-9,12H,10-11,13H2. The van der Waals surface area contributed by atoms with Crippen molar-refractivity contribution < 1.29 is 38.4 Å². The molecule has 198 valence electrons. The summed E-state index contributed by atoms with van der Waals surface area (Å²) in [6.45, 7) is -0.996. The summed E-state index contributed by atoms with van der Waals surface area (Å²) >= 11 is 11.7. The minimum absolute atomic E-state index is 0.121. The second-order valence-electron chi connectivity index (χ2n) is 8.10. The number of fused-ring (bicyclic) bond motifs is 1. The molecule has 0 spiro atoms. The quantitative estimate of drug-likeness (QED) is 0.0901. The molecule has 1 aliphatic rings. The van der Waals surface area contributed by atoms with Crippen LogP contribution in [0, 0.1) is 10.1 Å². The number of nitrogens with zero attached hydrogens (tertiary/aromatic N) is 2. The fourth-order valence-corrected chi connectivity index (χ4v) is 3.97. The maximum atomic E-state index is 12.6. The van der Waals surface area contributed by atoms with Gasteiger partial charge in [-0.1, -0.05) is 29.3 Å². The minimum atomic E-state index is -0.883. The molecule has 3 aromatic carbocycles. The van der Waals surface area contributed by atoms with E-state index in [1.807, 2.05) is 0 Å². The summed E-state index contributed by atoms with van der Waals surface area (Å²) in [4.78, 5) is 73.0. The average molecular weight is 571 g/mol. The molecule has 1 aliphatic heterocycles. The summed E-state index contributed by atoms with van der Waals surface area (Å²) < 4.78 is 10.2. The zero-order valence-corrected chi connectivity index (χ0v) is 21.2. The van der Waals surface area contributed by atoms with E-state index in [2.05, 4.69) is 0 Å². The predicted octanol–water partition coefficient (Wildman–Crippen LogP) is 4.53. The van der Waals surface area contributed by atoms with Crippen LogP contribution in [0.4, 0.5) is 5.69 Å². The Hall–Kier alpha value is -4.61. The number of halogens is 2. The third-order valence-corrected chi connectivity index (χ3v) is 6.36. The molecule has 0 bridgehead atoms. The van der Waals surface area contributed by atoms with Crippen LogP contribution in [0.25, 0.3) is 0 Å². The molecule has 1 heterocycles. The van der Waals surface area contributed by atoms with Crippen LogP contribution in [0.15, 0.2) is 60.7 Å². The van der Waals surface area contributed by atoms with E-state index in [-0.39, 0.29) is 44.6 Å². The van der Waals surface area contributed by atoms with Gasteiger partial charge in [0.05, 0.1) is 32.5 Å². The Balaban J connectivity index is 1.27. The van der Waals surface area contributed by atoms with Gasteiger partial charge in [-0.15, -0.1) is 0 Å². The van der Waals surface area contributed by atoms with Gasteiger partial charge in [0.2, 0.25) is 0 Å². The Kier molecular flexibility index (Phi) is 8.03. The molecule has 0 aromatic heterocycles. The first-order chi connectivity index (χ1) is 18.6. The third kappa shape index (κ3) is 5.95. The third-order valence-electron chi connectivity index (χ3n) is 5.62. The molecule has 2 amide bonds. The van der Waals surface area contributed by atoms with E-state index >= 15 is 0 Å². The van der Waals surface area contributed by atoms with Crippen molar-refractivity contribution in [2.75, 3.05) is 13.2 Å². The number of ketones is 1. The molecule has 0 atom stereocenters. The maximum absolute atomic E-state index is 12.6. The number of carbonyl (C=O) groups excluding carboxylic acids is 5. The largest absolute Gasteiger partial charge is 0.457 e. The average Bonchev–Trinajstić information content (AvgIpc) is 3.16. The van der Waals surface area contributed by atoms with Crippen LogP contribution in [0.1, 0.15) is 47.9 Å². The number of carbonyl (C=O) groups is 5. The van der Waals surface area contributed by atoms with Crippen molar-refractivity contribution in [1.29, 1.82) is 0 Å². The van der Waals surface area contributed by atoms with Gasteiger partial charge in [-0.2, -0.15) is 0 Å². The number of nitro groups is 1. The molecule has 11 nitrogen and oxygen atoms in total. The van der Waals surface area contributed by atoms with Crippen molar-refractivity contribution in [3.05, 3.63) is 103 Å². The van der Waals surface area contributed by atoms with Crippen LogP contribution in [-0.2, 0) is 9.53 Å². The molecule has 4 rings (SSSR count). The summed E-state index contributed by atoms with van der Waals surface area (Å²) in [6.07, 6.45) is -0.420. The summed E-state index contributed by atoms with van der Waals surface area (Å²) in [5.41, 5.74) is -0.608. The Bertz CT molecular complexity index is 1540. The van der Waals surface area contributed by atoms with Crippen molar-refractivity contribution in [3.8, 4) is 5.75 Å². The van der Waals surface area contributed by atoms with Gasteiger partial charge in [-0.05, 0) is 48.5 Å². The maximum Gasteiger partial charge on any atom is 0.343 e. The van der Waals surface area contributed by atoms with Gasteiger partial charge in [-0.3, -0.25) is 34.2 Å². The highest BCUT2D eigenvalue weighted by molar-refractivity contribution is 6.42. The van der Waals surface area contributed by atoms with Crippen molar-refractivity contribution in [3.63, 3.8) is 0 Å². The van der Waals surface area contributed by atoms with E-state index in [0.717, 1.165) is 11.0 Å². The number of ether oxygens (including phenoxy) is 2. The van der Waals surface area contributed by atoms with Gasteiger partial charge in [0, 0.05) is 18.2 Å². The number of Topliss-reactive ketones (excluding diaryl/α,β-unsaturated/α-hetero) is 1. The number of benzene rings is 3. The molecular formula is C26H16Cl2N2O9. The van der Waals surface area contributed by atoms with Crippen LogP contribution >= 0.6 is 23.2 Å². The first-order valence-electron chi connectivity index (χ1n) is 11.2. The number of imide groups is 1. The number of nitro benzene ring substituents is 1. The Morgan fingerprint density at radius 3 is 2.26 bits per heavy atom. The smallest absolute Gasteiger partial charge is 0.343 e. The van der Waals surface area contributed by atoms with Gasteiger partial charge >= 0.3 is 11.9 Å². The van der Waals surface area contributed by atoms with E-state index in [9.17, 15) is 34.1 Å². The van der Waals surface area contributed by atoms with Crippen LogP contribution in [0.2, 0.25) is 10.0 Å². The molecule has 0 fully saturated rings. The number of rotatable bonds is 9.